The predicted molar refractivity (Wildman–Crippen MR) is 80.1 cm³/mol. The van der Waals surface area contributed by atoms with Crippen LogP contribution in [0.4, 0.5) is 4.79 Å². The molecule has 2 aliphatic heterocycles. The van der Waals surface area contributed by atoms with Crippen LogP contribution < -0.4 is 5.32 Å². The lowest BCUT2D eigenvalue weighted by Crippen LogP contribution is -2.50. The van der Waals surface area contributed by atoms with Crippen LogP contribution in [0.25, 0.3) is 0 Å². The number of piperidine rings is 1. The van der Waals surface area contributed by atoms with Gasteiger partial charge in [0.05, 0.1) is 0 Å². The Labute approximate surface area is 126 Å². The Bertz CT molecular complexity index is 405. The summed E-state index contributed by atoms with van der Waals surface area (Å²) in [5.74, 6) is -0.882. The number of carboxylic acid groups (broad SMARTS) is 1. The number of nitrogens with one attached hydrogen (secondary N) is 1. The summed E-state index contributed by atoms with van der Waals surface area (Å²) in [5.41, 5.74) is 0.117. The van der Waals surface area contributed by atoms with E-state index in [1.54, 1.807) is 0 Å². The van der Waals surface area contributed by atoms with Crippen LogP contribution in [0.3, 0.4) is 0 Å². The van der Waals surface area contributed by atoms with Gasteiger partial charge in [-0.25, -0.2) is 9.59 Å². The summed E-state index contributed by atoms with van der Waals surface area (Å²) in [6, 6.07) is -0.915. The number of amides is 2. The Morgan fingerprint density at radius 2 is 1.90 bits per heavy atom. The van der Waals surface area contributed by atoms with Crippen LogP contribution in [-0.2, 0) is 4.79 Å². The average molecular weight is 297 g/mol. The van der Waals surface area contributed by atoms with Crippen LogP contribution in [-0.4, -0.2) is 66.2 Å². The first-order valence-corrected chi connectivity index (χ1v) is 7.78. The minimum Gasteiger partial charge on any atom is -0.480 e. The number of likely N-dealkylation sites (tertiary alicyclic amines) is 2. The molecule has 0 radical (unpaired) electrons. The van der Waals surface area contributed by atoms with E-state index in [0.717, 1.165) is 32.4 Å². The highest BCUT2D eigenvalue weighted by molar-refractivity contribution is 5.83. The second-order valence-corrected chi connectivity index (χ2v) is 7.02. The van der Waals surface area contributed by atoms with Crippen molar-refractivity contribution in [2.45, 2.75) is 39.2 Å². The van der Waals surface area contributed by atoms with Crippen molar-refractivity contribution in [1.82, 2.24) is 15.1 Å². The van der Waals surface area contributed by atoms with Gasteiger partial charge in [-0.2, -0.15) is 0 Å². The number of rotatable bonds is 3. The third-order valence-corrected chi connectivity index (χ3v) is 5.07. The maximum absolute atomic E-state index is 12.3. The van der Waals surface area contributed by atoms with E-state index in [4.69, 9.17) is 0 Å². The highest BCUT2D eigenvalue weighted by Crippen LogP contribution is 2.30. The molecule has 2 aliphatic rings. The molecule has 6 heteroatoms. The van der Waals surface area contributed by atoms with E-state index < -0.39 is 12.0 Å². The van der Waals surface area contributed by atoms with E-state index in [9.17, 15) is 14.7 Å². The molecule has 2 fully saturated rings. The Balaban J connectivity index is 1.88. The molecule has 0 spiro atoms. The predicted octanol–water partition coefficient (Wildman–Crippen LogP) is 1.22. The number of carbonyl (C=O) groups is 2. The van der Waals surface area contributed by atoms with Crippen molar-refractivity contribution in [1.29, 1.82) is 0 Å². The quantitative estimate of drug-likeness (QED) is 0.821. The molecule has 0 aliphatic carbocycles. The zero-order valence-electron chi connectivity index (χ0n) is 13.3. The first-order chi connectivity index (χ1) is 9.82. The average Bonchev–Trinajstić information content (AvgIpc) is 2.82. The van der Waals surface area contributed by atoms with Gasteiger partial charge in [-0.3, -0.25) is 0 Å². The third kappa shape index (κ3) is 3.67. The molecule has 2 rings (SSSR count). The van der Waals surface area contributed by atoms with Crippen molar-refractivity contribution in [3.8, 4) is 0 Å². The molecular weight excluding hydrogens is 270 g/mol. The van der Waals surface area contributed by atoms with E-state index >= 15 is 0 Å². The minimum absolute atomic E-state index is 0.0205. The van der Waals surface area contributed by atoms with Gasteiger partial charge in [-0.05, 0) is 50.7 Å². The Morgan fingerprint density at radius 3 is 2.48 bits per heavy atom. The second kappa shape index (κ2) is 6.22. The number of carbonyl (C=O) groups excluding carboxylic acids is 1. The number of carboxylic acids is 1. The number of nitrogens with zero attached hydrogens (tertiary/aromatic N) is 2. The number of urea groups is 1. The summed E-state index contributed by atoms with van der Waals surface area (Å²) in [6.45, 7) is 7.34. The molecule has 2 unspecified atom stereocenters. The molecule has 2 heterocycles. The Kier molecular flexibility index (Phi) is 4.76. The van der Waals surface area contributed by atoms with Crippen molar-refractivity contribution < 1.29 is 14.7 Å². The Hall–Kier alpha value is -1.30. The van der Waals surface area contributed by atoms with Gasteiger partial charge in [-0.15, -0.1) is 0 Å². The monoisotopic (exact) mass is 297 g/mol. The molecule has 0 aromatic heterocycles. The molecule has 0 saturated carbocycles. The molecule has 21 heavy (non-hydrogen) atoms. The number of hydrogen-bond donors (Lipinski definition) is 2. The molecule has 0 bridgehead atoms. The lowest BCUT2D eigenvalue weighted by atomic mass is 9.80. The SMILES string of the molecule is CC1CCN(C(=O)NCC2(C)CCN(C)CC2)C1C(=O)O. The van der Waals surface area contributed by atoms with Crippen molar-refractivity contribution in [3.05, 3.63) is 0 Å². The normalized spacial score (nSPS) is 29.4. The number of hydrogen-bond acceptors (Lipinski definition) is 3. The fraction of sp³-hybridized carbons (Fsp3) is 0.867. The first-order valence-electron chi connectivity index (χ1n) is 7.78. The van der Waals surface area contributed by atoms with Crippen LogP contribution in [0.2, 0.25) is 0 Å². The highest BCUT2D eigenvalue weighted by atomic mass is 16.4. The summed E-state index contributed by atoms with van der Waals surface area (Å²) in [4.78, 5) is 27.4. The standard InChI is InChI=1S/C15H27N3O3/c1-11-4-7-18(12(11)13(19)20)14(21)16-10-15(2)5-8-17(3)9-6-15/h11-12H,4-10H2,1-3H3,(H,16,21)(H,19,20). The summed E-state index contributed by atoms with van der Waals surface area (Å²) < 4.78 is 0. The van der Waals surface area contributed by atoms with Gasteiger partial charge in [0, 0.05) is 13.1 Å². The van der Waals surface area contributed by atoms with Crippen LogP contribution in [0.5, 0.6) is 0 Å². The van der Waals surface area contributed by atoms with Crippen molar-refractivity contribution >= 4 is 12.0 Å². The van der Waals surface area contributed by atoms with Gasteiger partial charge < -0.3 is 20.2 Å². The topological polar surface area (TPSA) is 72.9 Å². The maximum atomic E-state index is 12.3. The summed E-state index contributed by atoms with van der Waals surface area (Å²) in [5, 5.41) is 12.2. The van der Waals surface area contributed by atoms with Gasteiger partial charge in [0.15, 0.2) is 0 Å². The van der Waals surface area contributed by atoms with Crippen LogP contribution in [0.15, 0.2) is 0 Å². The van der Waals surface area contributed by atoms with Crippen molar-refractivity contribution in [2.75, 3.05) is 33.2 Å². The van der Waals surface area contributed by atoms with Crippen LogP contribution >= 0.6 is 0 Å². The fourth-order valence-corrected chi connectivity index (χ4v) is 3.28. The lowest BCUT2D eigenvalue weighted by molar-refractivity contribution is -0.142. The van der Waals surface area contributed by atoms with Gasteiger partial charge >= 0.3 is 12.0 Å². The van der Waals surface area contributed by atoms with E-state index in [-0.39, 0.29) is 17.4 Å². The molecule has 120 valence electrons. The minimum atomic E-state index is -0.902. The van der Waals surface area contributed by atoms with Gasteiger partial charge in [0.2, 0.25) is 0 Å². The van der Waals surface area contributed by atoms with E-state index in [1.807, 2.05) is 6.92 Å². The molecular formula is C15H27N3O3. The van der Waals surface area contributed by atoms with Crippen molar-refractivity contribution in [2.24, 2.45) is 11.3 Å². The second-order valence-electron chi connectivity index (χ2n) is 7.02. The molecule has 2 amide bonds. The van der Waals surface area contributed by atoms with E-state index in [0.29, 0.717) is 13.1 Å². The maximum Gasteiger partial charge on any atom is 0.326 e. The smallest absolute Gasteiger partial charge is 0.326 e. The first kappa shape index (κ1) is 16.1. The summed E-state index contributed by atoms with van der Waals surface area (Å²) >= 11 is 0. The summed E-state index contributed by atoms with van der Waals surface area (Å²) in [7, 11) is 2.11. The molecule has 6 nitrogen and oxygen atoms in total. The van der Waals surface area contributed by atoms with Gasteiger partial charge in [0.1, 0.15) is 6.04 Å². The van der Waals surface area contributed by atoms with Gasteiger partial charge in [0.25, 0.3) is 0 Å². The zero-order chi connectivity index (χ0) is 15.6. The van der Waals surface area contributed by atoms with Gasteiger partial charge in [-0.1, -0.05) is 13.8 Å². The molecule has 0 aromatic carbocycles. The van der Waals surface area contributed by atoms with Crippen molar-refractivity contribution in [3.63, 3.8) is 0 Å². The highest BCUT2D eigenvalue weighted by Gasteiger charge is 2.40. The fourth-order valence-electron chi connectivity index (χ4n) is 3.28. The largest absolute Gasteiger partial charge is 0.480 e. The van der Waals surface area contributed by atoms with E-state index in [1.165, 1.54) is 4.90 Å². The number of aliphatic carboxylic acids is 1. The zero-order valence-corrected chi connectivity index (χ0v) is 13.3. The summed E-state index contributed by atoms with van der Waals surface area (Å²) in [6.07, 6.45) is 2.87. The molecule has 2 saturated heterocycles. The van der Waals surface area contributed by atoms with Crippen LogP contribution in [0, 0.1) is 11.3 Å². The molecule has 0 aromatic rings. The van der Waals surface area contributed by atoms with Crippen LogP contribution in [0.1, 0.15) is 33.1 Å². The molecule has 2 N–H and O–H groups in total. The molecule has 2 atom stereocenters. The Morgan fingerprint density at radius 1 is 1.29 bits per heavy atom. The lowest BCUT2D eigenvalue weighted by Gasteiger charge is -2.38. The van der Waals surface area contributed by atoms with E-state index in [2.05, 4.69) is 24.2 Å². The third-order valence-electron chi connectivity index (χ3n) is 5.07.